The molecule has 0 radical (unpaired) electrons. The van der Waals surface area contributed by atoms with E-state index >= 15 is 0 Å². The van der Waals surface area contributed by atoms with E-state index in [0.717, 1.165) is 50.2 Å². The van der Waals surface area contributed by atoms with Crippen LogP contribution in [0.5, 0.6) is 5.75 Å². The summed E-state index contributed by atoms with van der Waals surface area (Å²) >= 11 is 0. The van der Waals surface area contributed by atoms with Crippen LogP contribution in [0.1, 0.15) is 31.7 Å². The Bertz CT molecular complexity index is 478. The minimum atomic E-state index is -0.330. The summed E-state index contributed by atoms with van der Waals surface area (Å²) in [5.74, 6) is 1.04. The van der Waals surface area contributed by atoms with Crippen molar-refractivity contribution in [3.05, 3.63) is 29.8 Å². The summed E-state index contributed by atoms with van der Waals surface area (Å²) in [6.45, 7) is 4.97. The minimum absolute atomic E-state index is 0. The van der Waals surface area contributed by atoms with E-state index in [4.69, 9.17) is 4.74 Å². The zero-order valence-electron chi connectivity index (χ0n) is 13.1. The van der Waals surface area contributed by atoms with Crippen molar-refractivity contribution in [3.8, 4) is 5.75 Å². The molecule has 1 fully saturated rings. The van der Waals surface area contributed by atoms with Crippen LogP contribution in [0.25, 0.3) is 0 Å². The van der Waals surface area contributed by atoms with E-state index in [0.29, 0.717) is 12.5 Å². The van der Waals surface area contributed by atoms with Crippen LogP contribution in [-0.2, 0) is 11.2 Å². The second-order valence-electron chi connectivity index (χ2n) is 5.93. The normalized spacial score (nSPS) is 20.7. The molecule has 1 unspecified atom stereocenters. The van der Waals surface area contributed by atoms with Gasteiger partial charge in [0.25, 0.3) is 5.91 Å². The van der Waals surface area contributed by atoms with E-state index in [9.17, 15) is 4.79 Å². The number of hydrogen-bond acceptors (Lipinski definition) is 3. The number of hydrogen-bond donors (Lipinski definition) is 1. The molecule has 122 valence electrons. The highest BCUT2D eigenvalue weighted by Crippen LogP contribution is 2.29. The quantitative estimate of drug-likeness (QED) is 0.924. The molecule has 2 aliphatic heterocycles. The molecule has 2 heterocycles. The predicted molar refractivity (Wildman–Crippen MR) is 89.7 cm³/mol. The molecular formula is C17H25ClN2O2. The summed E-state index contributed by atoms with van der Waals surface area (Å²) in [4.78, 5) is 15.0. The van der Waals surface area contributed by atoms with Crippen LogP contribution in [0.2, 0.25) is 0 Å². The van der Waals surface area contributed by atoms with Gasteiger partial charge in [0.1, 0.15) is 5.75 Å². The molecule has 1 aromatic carbocycles. The Hall–Kier alpha value is -1.26. The van der Waals surface area contributed by atoms with Gasteiger partial charge in [0, 0.05) is 19.0 Å². The monoisotopic (exact) mass is 324 g/mol. The lowest BCUT2D eigenvalue weighted by atomic mass is 10.0. The summed E-state index contributed by atoms with van der Waals surface area (Å²) in [5, 5.41) is 3.37. The number of carbonyl (C=O) groups is 1. The molecular weight excluding hydrogens is 300 g/mol. The van der Waals surface area contributed by atoms with Gasteiger partial charge in [-0.15, -0.1) is 12.4 Å². The number of halogens is 1. The second-order valence-corrected chi connectivity index (χ2v) is 5.93. The maximum absolute atomic E-state index is 12.9. The van der Waals surface area contributed by atoms with Gasteiger partial charge in [0.2, 0.25) is 0 Å². The smallest absolute Gasteiger partial charge is 0.264 e. The number of carbonyl (C=O) groups excluding carboxylic acids is 1. The van der Waals surface area contributed by atoms with E-state index in [-0.39, 0.29) is 24.4 Å². The number of nitrogens with one attached hydrogen (secondary N) is 1. The van der Waals surface area contributed by atoms with Crippen molar-refractivity contribution < 1.29 is 9.53 Å². The van der Waals surface area contributed by atoms with Gasteiger partial charge in [-0.1, -0.05) is 25.1 Å². The maximum atomic E-state index is 12.9. The van der Waals surface area contributed by atoms with Crippen molar-refractivity contribution in [2.45, 2.75) is 44.8 Å². The number of rotatable bonds is 4. The summed E-state index contributed by atoms with van der Waals surface area (Å²) in [6.07, 6.45) is 3.47. The Labute approximate surface area is 138 Å². The molecule has 0 aliphatic carbocycles. The van der Waals surface area contributed by atoms with Crippen molar-refractivity contribution in [3.63, 3.8) is 0 Å². The van der Waals surface area contributed by atoms with Crippen LogP contribution >= 0.6 is 12.4 Å². The molecule has 1 atom stereocenters. The molecule has 3 rings (SSSR count). The first-order chi connectivity index (χ1) is 10.3. The second kappa shape index (κ2) is 7.84. The molecule has 1 N–H and O–H groups in total. The third-order valence-electron chi connectivity index (χ3n) is 4.42. The average molecular weight is 325 g/mol. The number of para-hydroxylation sites is 1. The van der Waals surface area contributed by atoms with Crippen molar-refractivity contribution >= 4 is 18.3 Å². The molecule has 1 saturated heterocycles. The molecule has 4 nitrogen and oxygen atoms in total. The van der Waals surface area contributed by atoms with Crippen molar-refractivity contribution in [2.75, 3.05) is 19.6 Å². The van der Waals surface area contributed by atoms with Gasteiger partial charge in [-0.25, -0.2) is 0 Å². The highest BCUT2D eigenvalue weighted by Gasteiger charge is 2.35. The lowest BCUT2D eigenvalue weighted by Gasteiger charge is -2.35. The Morgan fingerprint density at radius 3 is 2.73 bits per heavy atom. The number of nitrogens with zero attached hydrogens (tertiary/aromatic N) is 1. The first kappa shape index (κ1) is 17.1. The SMILES string of the molecule is CCCN(C(=O)C1Cc2ccccc2O1)C1CCNCC1.Cl. The highest BCUT2D eigenvalue weighted by molar-refractivity contribution is 5.85. The fourth-order valence-corrected chi connectivity index (χ4v) is 3.34. The van der Waals surface area contributed by atoms with Crippen molar-refractivity contribution in [1.82, 2.24) is 10.2 Å². The van der Waals surface area contributed by atoms with E-state index in [2.05, 4.69) is 23.2 Å². The van der Waals surface area contributed by atoms with E-state index < -0.39 is 0 Å². The van der Waals surface area contributed by atoms with Crippen LogP contribution in [0.3, 0.4) is 0 Å². The number of fused-ring (bicyclic) bond motifs is 1. The van der Waals surface area contributed by atoms with Crippen molar-refractivity contribution in [2.24, 2.45) is 0 Å². The van der Waals surface area contributed by atoms with Crippen LogP contribution in [0, 0.1) is 0 Å². The van der Waals surface area contributed by atoms with Crippen LogP contribution in [0.4, 0.5) is 0 Å². The number of benzene rings is 1. The third-order valence-corrected chi connectivity index (χ3v) is 4.42. The summed E-state index contributed by atoms with van der Waals surface area (Å²) < 4.78 is 5.88. The molecule has 5 heteroatoms. The molecule has 0 bridgehead atoms. The topological polar surface area (TPSA) is 41.6 Å². The molecule has 0 spiro atoms. The maximum Gasteiger partial charge on any atom is 0.264 e. The minimum Gasteiger partial charge on any atom is -0.480 e. The molecule has 22 heavy (non-hydrogen) atoms. The van der Waals surface area contributed by atoms with Gasteiger partial charge in [-0.3, -0.25) is 4.79 Å². The lowest BCUT2D eigenvalue weighted by molar-refractivity contribution is -0.141. The zero-order chi connectivity index (χ0) is 14.7. The zero-order valence-corrected chi connectivity index (χ0v) is 13.9. The average Bonchev–Trinajstić information content (AvgIpc) is 2.97. The van der Waals surface area contributed by atoms with Crippen LogP contribution in [-0.4, -0.2) is 42.6 Å². The van der Waals surface area contributed by atoms with Gasteiger partial charge in [0.15, 0.2) is 6.10 Å². The first-order valence-corrected chi connectivity index (χ1v) is 8.05. The Morgan fingerprint density at radius 2 is 2.05 bits per heavy atom. The van der Waals surface area contributed by atoms with Gasteiger partial charge >= 0.3 is 0 Å². The third kappa shape index (κ3) is 3.55. The Kier molecular flexibility index (Phi) is 6.09. The summed E-state index contributed by atoms with van der Waals surface area (Å²) in [6, 6.07) is 8.34. The van der Waals surface area contributed by atoms with E-state index in [1.54, 1.807) is 0 Å². The van der Waals surface area contributed by atoms with Crippen LogP contribution in [0.15, 0.2) is 24.3 Å². The Morgan fingerprint density at radius 1 is 1.32 bits per heavy atom. The molecule has 1 aromatic rings. The Balaban J connectivity index is 0.00000176. The molecule has 0 aromatic heterocycles. The molecule has 2 aliphatic rings. The van der Waals surface area contributed by atoms with Gasteiger partial charge < -0.3 is 15.0 Å². The summed E-state index contributed by atoms with van der Waals surface area (Å²) in [7, 11) is 0. The lowest BCUT2D eigenvalue weighted by Crippen LogP contribution is -2.50. The van der Waals surface area contributed by atoms with Crippen molar-refractivity contribution in [1.29, 1.82) is 0 Å². The number of ether oxygens (including phenoxy) is 1. The fourth-order valence-electron chi connectivity index (χ4n) is 3.34. The van der Waals surface area contributed by atoms with Gasteiger partial charge in [-0.05, 0) is 44.0 Å². The van der Waals surface area contributed by atoms with E-state index in [1.165, 1.54) is 0 Å². The highest BCUT2D eigenvalue weighted by atomic mass is 35.5. The molecule has 1 amide bonds. The summed E-state index contributed by atoms with van der Waals surface area (Å²) in [5.41, 5.74) is 1.15. The fraction of sp³-hybridized carbons (Fsp3) is 0.588. The van der Waals surface area contributed by atoms with E-state index in [1.807, 2.05) is 18.2 Å². The van der Waals surface area contributed by atoms with Gasteiger partial charge in [0.05, 0.1) is 0 Å². The van der Waals surface area contributed by atoms with Crippen LogP contribution < -0.4 is 10.1 Å². The largest absolute Gasteiger partial charge is 0.480 e. The molecule has 0 saturated carbocycles. The number of amides is 1. The number of piperidine rings is 1. The van der Waals surface area contributed by atoms with Gasteiger partial charge in [-0.2, -0.15) is 0 Å². The standard InChI is InChI=1S/C17H24N2O2.ClH/c1-2-11-19(14-7-9-18-10-8-14)17(20)16-12-13-5-3-4-6-15(13)21-16;/h3-6,14,16,18H,2,7-12H2,1H3;1H. The first-order valence-electron chi connectivity index (χ1n) is 8.05. The predicted octanol–water partition coefficient (Wildman–Crippen LogP) is 2.40.